The van der Waals surface area contributed by atoms with Gasteiger partial charge in [0, 0.05) is 11.3 Å². The molecule has 2 unspecified atom stereocenters. The summed E-state index contributed by atoms with van der Waals surface area (Å²) in [5.41, 5.74) is 0.676. The summed E-state index contributed by atoms with van der Waals surface area (Å²) in [6.45, 7) is 1.43. The highest BCUT2D eigenvalue weighted by Gasteiger charge is 2.29. The summed E-state index contributed by atoms with van der Waals surface area (Å²) >= 11 is 2.06. The third-order valence-corrected chi connectivity index (χ3v) is 6.45. The van der Waals surface area contributed by atoms with E-state index in [4.69, 9.17) is 10.2 Å². The quantitative estimate of drug-likeness (QED) is 0.656. The maximum Gasteiger partial charge on any atom is 0.356 e. The first-order chi connectivity index (χ1) is 8.83. The fraction of sp³-hybridized carbons (Fsp3) is 0.556. The molecule has 10 heteroatoms. The van der Waals surface area contributed by atoms with Gasteiger partial charge in [0.2, 0.25) is 0 Å². The van der Waals surface area contributed by atoms with Crippen LogP contribution in [0.3, 0.4) is 0 Å². The first kappa shape index (κ1) is 16.4. The average molecular weight is 326 g/mol. The van der Waals surface area contributed by atoms with Crippen LogP contribution in [0.25, 0.3) is 0 Å². The SMILES string of the molecule is CSC(CO)C(C)NS(=O)(=O)c1scnc1C(=O)O. The van der Waals surface area contributed by atoms with Crippen molar-refractivity contribution in [3.05, 3.63) is 11.2 Å². The Hall–Kier alpha value is -0.680. The molecule has 0 aliphatic heterocycles. The van der Waals surface area contributed by atoms with Gasteiger partial charge in [0.15, 0.2) is 9.90 Å². The Kier molecular flexibility index (Phi) is 5.74. The third kappa shape index (κ3) is 3.89. The smallest absolute Gasteiger partial charge is 0.356 e. The largest absolute Gasteiger partial charge is 0.476 e. The number of aliphatic hydroxyl groups is 1. The van der Waals surface area contributed by atoms with Crippen molar-refractivity contribution in [1.29, 1.82) is 0 Å². The number of aromatic nitrogens is 1. The van der Waals surface area contributed by atoms with Gasteiger partial charge in [-0.05, 0) is 13.2 Å². The van der Waals surface area contributed by atoms with Crippen LogP contribution in [0.2, 0.25) is 0 Å². The van der Waals surface area contributed by atoms with Crippen LogP contribution in [0, 0.1) is 0 Å². The molecule has 0 aliphatic carbocycles. The average Bonchev–Trinajstić information content (AvgIpc) is 2.79. The van der Waals surface area contributed by atoms with E-state index in [2.05, 4.69) is 9.71 Å². The molecule has 1 heterocycles. The molecular formula is C9H14N2O5S3. The fourth-order valence-electron chi connectivity index (χ4n) is 1.38. The van der Waals surface area contributed by atoms with Gasteiger partial charge in [0.25, 0.3) is 10.0 Å². The van der Waals surface area contributed by atoms with Crippen LogP contribution >= 0.6 is 23.1 Å². The monoisotopic (exact) mass is 326 g/mol. The lowest BCUT2D eigenvalue weighted by Crippen LogP contribution is -2.41. The van der Waals surface area contributed by atoms with Crippen molar-refractivity contribution >= 4 is 39.1 Å². The molecule has 2 atom stereocenters. The minimum absolute atomic E-state index is 0.181. The van der Waals surface area contributed by atoms with Crippen molar-refractivity contribution in [2.24, 2.45) is 0 Å². The number of nitrogens with zero attached hydrogens (tertiary/aromatic N) is 1. The first-order valence-electron chi connectivity index (χ1n) is 5.16. The summed E-state index contributed by atoms with van der Waals surface area (Å²) in [6.07, 6.45) is 1.75. The number of carboxylic acids is 1. The number of nitrogens with one attached hydrogen (secondary N) is 1. The lowest BCUT2D eigenvalue weighted by molar-refractivity contribution is 0.0687. The molecule has 0 saturated heterocycles. The number of rotatable bonds is 7. The van der Waals surface area contributed by atoms with Gasteiger partial charge in [-0.15, -0.1) is 11.3 Å². The van der Waals surface area contributed by atoms with Crippen molar-refractivity contribution in [2.75, 3.05) is 12.9 Å². The molecule has 0 fully saturated rings. The second-order valence-electron chi connectivity index (χ2n) is 3.66. The Morgan fingerprint density at radius 3 is 2.74 bits per heavy atom. The predicted molar refractivity (Wildman–Crippen MR) is 73.2 cm³/mol. The molecule has 19 heavy (non-hydrogen) atoms. The number of aliphatic hydroxyl groups excluding tert-OH is 1. The number of hydrogen-bond acceptors (Lipinski definition) is 7. The summed E-state index contributed by atoms with van der Waals surface area (Å²) in [6, 6.07) is -0.534. The van der Waals surface area contributed by atoms with E-state index in [0.717, 1.165) is 11.3 Å². The second-order valence-corrected chi connectivity index (χ2v) is 7.50. The van der Waals surface area contributed by atoms with E-state index in [-0.39, 0.29) is 16.1 Å². The van der Waals surface area contributed by atoms with Crippen LogP contribution in [0.4, 0.5) is 0 Å². The number of thiazole rings is 1. The number of thioether (sulfide) groups is 1. The molecule has 7 nitrogen and oxygen atoms in total. The van der Waals surface area contributed by atoms with E-state index in [0.29, 0.717) is 0 Å². The summed E-state index contributed by atoms with van der Waals surface area (Å²) in [5, 5.41) is 17.7. The molecule has 1 aromatic heterocycles. The molecule has 0 amide bonds. The third-order valence-electron chi connectivity index (χ3n) is 2.36. The van der Waals surface area contributed by atoms with E-state index in [9.17, 15) is 13.2 Å². The topological polar surface area (TPSA) is 117 Å². The highest BCUT2D eigenvalue weighted by atomic mass is 32.2. The summed E-state index contributed by atoms with van der Waals surface area (Å²) in [4.78, 5) is 14.4. The summed E-state index contributed by atoms with van der Waals surface area (Å²) in [7, 11) is -3.96. The van der Waals surface area contributed by atoms with Crippen LogP contribution in [0.5, 0.6) is 0 Å². The van der Waals surface area contributed by atoms with Crippen molar-refractivity contribution in [1.82, 2.24) is 9.71 Å². The Labute approximate surface area is 119 Å². The molecule has 0 spiro atoms. The Balaban J connectivity index is 2.99. The minimum atomic E-state index is -3.96. The molecule has 0 bridgehead atoms. The number of carbonyl (C=O) groups is 1. The Bertz CT molecular complexity index is 538. The Morgan fingerprint density at radius 1 is 1.63 bits per heavy atom. The van der Waals surface area contributed by atoms with Crippen LogP contribution in [-0.2, 0) is 10.0 Å². The molecule has 0 radical (unpaired) electrons. The van der Waals surface area contributed by atoms with Crippen LogP contribution < -0.4 is 4.72 Å². The predicted octanol–water partition coefficient (Wildman–Crippen LogP) is 0.232. The zero-order valence-corrected chi connectivity index (χ0v) is 12.7. The van der Waals surface area contributed by atoms with E-state index < -0.39 is 27.7 Å². The molecule has 0 saturated carbocycles. The van der Waals surface area contributed by atoms with Crippen molar-refractivity contribution in [3.63, 3.8) is 0 Å². The maximum absolute atomic E-state index is 12.1. The maximum atomic E-state index is 12.1. The zero-order valence-electron chi connectivity index (χ0n) is 10.2. The Morgan fingerprint density at radius 2 is 2.26 bits per heavy atom. The van der Waals surface area contributed by atoms with E-state index in [1.54, 1.807) is 13.2 Å². The van der Waals surface area contributed by atoms with Gasteiger partial charge in [-0.1, -0.05) is 0 Å². The van der Waals surface area contributed by atoms with Crippen LogP contribution in [0.15, 0.2) is 9.72 Å². The second kappa shape index (κ2) is 6.66. The summed E-state index contributed by atoms with van der Waals surface area (Å²) < 4.78 is 26.2. The number of aromatic carboxylic acids is 1. The van der Waals surface area contributed by atoms with Crippen molar-refractivity contribution in [2.45, 2.75) is 22.4 Å². The van der Waals surface area contributed by atoms with Gasteiger partial charge in [0.05, 0.1) is 12.1 Å². The lowest BCUT2D eigenvalue weighted by atomic mass is 10.3. The van der Waals surface area contributed by atoms with Gasteiger partial charge in [-0.25, -0.2) is 22.9 Å². The van der Waals surface area contributed by atoms with E-state index >= 15 is 0 Å². The van der Waals surface area contributed by atoms with Crippen molar-refractivity contribution < 1.29 is 23.4 Å². The number of carboxylic acid groups (broad SMARTS) is 1. The van der Waals surface area contributed by atoms with Crippen LogP contribution in [-0.4, -0.2) is 53.7 Å². The van der Waals surface area contributed by atoms with Gasteiger partial charge < -0.3 is 10.2 Å². The van der Waals surface area contributed by atoms with E-state index in [1.165, 1.54) is 17.3 Å². The number of sulfonamides is 1. The normalized spacial score (nSPS) is 15.1. The standard InChI is InChI=1S/C9H14N2O5S3/c1-5(6(3-12)17-2)11-19(15,16)9-7(8(13)14)10-4-18-9/h4-6,11-12H,3H2,1-2H3,(H,13,14). The minimum Gasteiger partial charge on any atom is -0.476 e. The molecule has 108 valence electrons. The fourth-order valence-corrected chi connectivity index (χ4v) is 4.53. The highest BCUT2D eigenvalue weighted by molar-refractivity contribution is 7.99. The molecule has 1 rings (SSSR count). The van der Waals surface area contributed by atoms with Crippen molar-refractivity contribution in [3.8, 4) is 0 Å². The van der Waals surface area contributed by atoms with Crippen LogP contribution in [0.1, 0.15) is 17.4 Å². The van der Waals surface area contributed by atoms with Gasteiger partial charge in [-0.3, -0.25) is 0 Å². The number of hydrogen-bond donors (Lipinski definition) is 3. The molecule has 3 N–H and O–H groups in total. The molecule has 0 aliphatic rings. The van der Waals surface area contributed by atoms with Gasteiger partial charge >= 0.3 is 5.97 Å². The zero-order chi connectivity index (χ0) is 14.6. The summed E-state index contributed by atoms with van der Waals surface area (Å²) in [5.74, 6) is -1.39. The molecule has 0 aromatic carbocycles. The van der Waals surface area contributed by atoms with Gasteiger partial charge in [0.1, 0.15) is 0 Å². The van der Waals surface area contributed by atoms with E-state index in [1.807, 2.05) is 0 Å². The lowest BCUT2D eigenvalue weighted by Gasteiger charge is -2.20. The molecule has 1 aromatic rings. The highest BCUT2D eigenvalue weighted by Crippen LogP contribution is 2.21. The van der Waals surface area contributed by atoms with Gasteiger partial charge in [-0.2, -0.15) is 11.8 Å². The molecular weight excluding hydrogens is 312 g/mol. The first-order valence-corrected chi connectivity index (χ1v) is 8.81.